The van der Waals surface area contributed by atoms with E-state index in [1.807, 2.05) is 6.92 Å². The van der Waals surface area contributed by atoms with Crippen molar-refractivity contribution in [1.82, 2.24) is 10.3 Å². The number of hydrogen-bond donors (Lipinski definition) is 2. The first kappa shape index (κ1) is 14.0. The summed E-state index contributed by atoms with van der Waals surface area (Å²) < 4.78 is 0. The maximum atomic E-state index is 11.9. The van der Waals surface area contributed by atoms with Crippen LogP contribution in [0.5, 0.6) is 0 Å². The molecule has 0 aromatic carbocycles. The molecule has 5 nitrogen and oxygen atoms in total. The number of carbonyl (C=O) groups excluding carboxylic acids is 1. The highest BCUT2D eigenvalue weighted by molar-refractivity contribution is 7.13. The average molecular weight is 282 g/mol. The lowest BCUT2D eigenvalue weighted by atomic mass is 10.1. The number of rotatable bonds is 5. The van der Waals surface area contributed by atoms with Crippen molar-refractivity contribution < 1.29 is 14.7 Å². The smallest absolute Gasteiger partial charge is 0.305 e. The van der Waals surface area contributed by atoms with Crippen molar-refractivity contribution in [2.45, 2.75) is 44.9 Å². The number of hydrogen-bond acceptors (Lipinski definition) is 4. The van der Waals surface area contributed by atoms with E-state index in [9.17, 15) is 9.59 Å². The molecule has 2 rings (SSSR count). The van der Waals surface area contributed by atoms with Crippen LogP contribution < -0.4 is 5.32 Å². The maximum Gasteiger partial charge on any atom is 0.305 e. The molecule has 0 radical (unpaired) electrons. The molecule has 1 fully saturated rings. The van der Waals surface area contributed by atoms with Crippen LogP contribution in [0, 0.1) is 6.92 Å². The number of carboxylic acid groups (broad SMARTS) is 1. The van der Waals surface area contributed by atoms with Gasteiger partial charge in [-0.25, -0.2) is 4.98 Å². The Morgan fingerprint density at radius 2 is 2.11 bits per heavy atom. The number of aromatic nitrogens is 1. The van der Waals surface area contributed by atoms with Gasteiger partial charge in [0.15, 0.2) is 0 Å². The number of carboxylic acids is 1. The Bertz CT molecular complexity index is 478. The largest absolute Gasteiger partial charge is 0.481 e. The van der Waals surface area contributed by atoms with Gasteiger partial charge in [-0.2, -0.15) is 0 Å². The van der Waals surface area contributed by atoms with Gasteiger partial charge in [0.05, 0.1) is 17.1 Å². The second-order valence-electron chi connectivity index (χ2n) is 4.85. The van der Waals surface area contributed by atoms with Crippen LogP contribution in [0.4, 0.5) is 0 Å². The molecule has 2 N–H and O–H groups in total. The normalized spacial score (nSPS) is 15.6. The van der Waals surface area contributed by atoms with Gasteiger partial charge < -0.3 is 10.4 Å². The fourth-order valence-electron chi connectivity index (χ4n) is 2.34. The first-order chi connectivity index (χ1) is 9.08. The van der Waals surface area contributed by atoms with Crippen LogP contribution in [0.25, 0.3) is 0 Å². The second-order valence-corrected chi connectivity index (χ2v) is 5.88. The van der Waals surface area contributed by atoms with E-state index in [-0.39, 0.29) is 18.9 Å². The minimum atomic E-state index is -0.909. The first-order valence-corrected chi connectivity index (χ1v) is 7.37. The zero-order valence-corrected chi connectivity index (χ0v) is 11.8. The van der Waals surface area contributed by atoms with Gasteiger partial charge in [0.2, 0.25) is 0 Å². The molecule has 104 valence electrons. The molecule has 0 saturated heterocycles. The summed E-state index contributed by atoms with van der Waals surface area (Å²) in [5.74, 6) is -0.613. The first-order valence-electron chi connectivity index (χ1n) is 6.55. The molecule has 0 bridgehead atoms. The highest BCUT2D eigenvalue weighted by Crippen LogP contribution is 2.36. The van der Waals surface area contributed by atoms with Crippen molar-refractivity contribution in [3.63, 3.8) is 0 Å². The molecule has 0 aliphatic heterocycles. The molecule has 1 amide bonds. The molecule has 1 saturated carbocycles. The molecule has 1 aromatic rings. The third kappa shape index (κ3) is 3.53. The van der Waals surface area contributed by atoms with Crippen LogP contribution in [0.2, 0.25) is 0 Å². The lowest BCUT2D eigenvalue weighted by molar-refractivity contribution is -0.136. The fourth-order valence-corrected chi connectivity index (χ4v) is 3.49. The van der Waals surface area contributed by atoms with Crippen LogP contribution in [0.3, 0.4) is 0 Å². The molecular weight excluding hydrogens is 264 g/mol. The summed E-state index contributed by atoms with van der Waals surface area (Å²) in [5.41, 5.74) is 0.750. The van der Waals surface area contributed by atoms with Gasteiger partial charge in [0, 0.05) is 12.5 Å². The van der Waals surface area contributed by atoms with Crippen molar-refractivity contribution in [1.29, 1.82) is 0 Å². The predicted octanol–water partition coefficient (Wildman–Crippen LogP) is 2.31. The Hall–Kier alpha value is -1.43. The van der Waals surface area contributed by atoms with E-state index in [4.69, 9.17) is 5.11 Å². The fraction of sp³-hybridized carbons (Fsp3) is 0.615. The Morgan fingerprint density at radius 3 is 2.74 bits per heavy atom. The van der Waals surface area contributed by atoms with E-state index in [1.54, 1.807) is 0 Å². The summed E-state index contributed by atoms with van der Waals surface area (Å²) >= 11 is 1.45. The van der Waals surface area contributed by atoms with E-state index in [2.05, 4.69) is 10.3 Å². The van der Waals surface area contributed by atoms with Gasteiger partial charge in [-0.1, -0.05) is 12.8 Å². The Labute approximate surface area is 116 Å². The summed E-state index contributed by atoms with van der Waals surface area (Å²) in [4.78, 5) is 27.5. The Kier molecular flexibility index (Phi) is 4.52. The summed E-state index contributed by atoms with van der Waals surface area (Å²) in [7, 11) is 0. The zero-order valence-electron chi connectivity index (χ0n) is 10.9. The zero-order chi connectivity index (χ0) is 13.8. The van der Waals surface area contributed by atoms with E-state index in [1.165, 1.54) is 24.2 Å². The summed E-state index contributed by atoms with van der Waals surface area (Å²) in [6.07, 6.45) is 4.74. The molecule has 0 unspecified atom stereocenters. The lowest BCUT2D eigenvalue weighted by Gasteiger charge is -2.02. The average Bonchev–Trinajstić information content (AvgIpc) is 2.96. The van der Waals surface area contributed by atoms with Crippen LogP contribution in [-0.4, -0.2) is 28.5 Å². The molecule has 0 atom stereocenters. The highest BCUT2D eigenvalue weighted by atomic mass is 32.1. The number of aliphatic carboxylic acids is 1. The SMILES string of the molecule is Cc1nc(C2CCCC2)sc1C(=O)NCCC(=O)O. The molecule has 1 heterocycles. The topological polar surface area (TPSA) is 79.3 Å². The minimum Gasteiger partial charge on any atom is -0.481 e. The molecule has 1 aliphatic carbocycles. The molecule has 1 aliphatic rings. The Morgan fingerprint density at radius 1 is 1.42 bits per heavy atom. The van der Waals surface area contributed by atoms with Gasteiger partial charge in [-0.05, 0) is 19.8 Å². The number of thiazole rings is 1. The lowest BCUT2D eigenvalue weighted by Crippen LogP contribution is -2.25. The summed E-state index contributed by atoms with van der Waals surface area (Å²) in [5, 5.41) is 12.2. The summed E-state index contributed by atoms with van der Waals surface area (Å²) in [6.45, 7) is 1.99. The standard InChI is InChI=1S/C13H18N2O3S/c1-8-11(12(18)14-7-6-10(16)17)19-13(15-8)9-4-2-3-5-9/h9H,2-7H2,1H3,(H,14,18)(H,16,17). The van der Waals surface area contributed by atoms with Crippen molar-refractivity contribution in [3.8, 4) is 0 Å². The third-order valence-electron chi connectivity index (χ3n) is 3.35. The van der Waals surface area contributed by atoms with Crippen molar-refractivity contribution in [2.24, 2.45) is 0 Å². The molecule has 0 spiro atoms. The van der Waals surface area contributed by atoms with Gasteiger partial charge in [0.25, 0.3) is 5.91 Å². The van der Waals surface area contributed by atoms with E-state index in [0.717, 1.165) is 23.5 Å². The van der Waals surface area contributed by atoms with Gasteiger partial charge >= 0.3 is 5.97 Å². The monoisotopic (exact) mass is 282 g/mol. The van der Waals surface area contributed by atoms with Crippen LogP contribution in [0.1, 0.15) is 58.4 Å². The molecule has 19 heavy (non-hydrogen) atoms. The Balaban J connectivity index is 1.99. The minimum absolute atomic E-state index is 0.0565. The molecule has 1 aromatic heterocycles. The molecule has 6 heteroatoms. The van der Waals surface area contributed by atoms with E-state index in [0.29, 0.717) is 10.8 Å². The number of amides is 1. The summed E-state index contributed by atoms with van der Waals surface area (Å²) in [6, 6.07) is 0. The molecular formula is C13H18N2O3S. The van der Waals surface area contributed by atoms with Crippen molar-refractivity contribution in [3.05, 3.63) is 15.6 Å². The highest BCUT2D eigenvalue weighted by Gasteiger charge is 2.23. The van der Waals surface area contributed by atoms with Gasteiger partial charge in [-0.3, -0.25) is 9.59 Å². The van der Waals surface area contributed by atoms with Crippen LogP contribution in [0.15, 0.2) is 0 Å². The van der Waals surface area contributed by atoms with Crippen molar-refractivity contribution >= 4 is 23.2 Å². The van der Waals surface area contributed by atoms with Crippen molar-refractivity contribution in [2.75, 3.05) is 6.54 Å². The van der Waals surface area contributed by atoms with Crippen LogP contribution in [-0.2, 0) is 4.79 Å². The third-order valence-corrected chi connectivity index (χ3v) is 4.67. The second kappa shape index (κ2) is 6.14. The van der Waals surface area contributed by atoms with E-state index >= 15 is 0 Å². The number of nitrogens with one attached hydrogen (secondary N) is 1. The number of carbonyl (C=O) groups is 2. The van der Waals surface area contributed by atoms with Gasteiger partial charge in [0.1, 0.15) is 4.88 Å². The maximum absolute atomic E-state index is 11.9. The number of nitrogens with zero attached hydrogens (tertiary/aromatic N) is 1. The van der Waals surface area contributed by atoms with E-state index < -0.39 is 5.97 Å². The van der Waals surface area contributed by atoms with Gasteiger partial charge in [-0.15, -0.1) is 11.3 Å². The quantitative estimate of drug-likeness (QED) is 0.868. The van der Waals surface area contributed by atoms with Crippen LogP contribution >= 0.6 is 11.3 Å². The predicted molar refractivity (Wildman–Crippen MR) is 72.6 cm³/mol. The number of aryl methyl sites for hydroxylation is 1.